The summed E-state index contributed by atoms with van der Waals surface area (Å²) in [5.74, 6) is -1.35. The smallest absolute Gasteiger partial charge is 0.305 e. The predicted octanol–water partition coefficient (Wildman–Crippen LogP) is 2.89. The summed E-state index contributed by atoms with van der Waals surface area (Å²) in [5.41, 5.74) is 8.78. The van der Waals surface area contributed by atoms with Crippen LogP contribution in [0.25, 0.3) is 5.57 Å². The lowest BCUT2D eigenvalue weighted by molar-refractivity contribution is -0.137. The molecule has 0 saturated carbocycles. The van der Waals surface area contributed by atoms with Crippen LogP contribution in [0.4, 0.5) is 0 Å². The standard InChI is InChI=1S/C20H21N3O3/c1-13-9-15(7-8-17(13)16(11-21)12-22)20(26)23-18(10-19(24)25)14-5-3-2-4-6-14/h2-9,11-12,18,21H,10,22H2,1H3,(H,23,26)(H,24,25)/b16-12+,21-11?. The zero-order chi connectivity index (χ0) is 19.1. The fourth-order valence-corrected chi connectivity index (χ4v) is 2.70. The molecule has 6 heteroatoms. The minimum Gasteiger partial charge on any atom is -0.481 e. The van der Waals surface area contributed by atoms with Gasteiger partial charge in [-0.15, -0.1) is 0 Å². The maximum atomic E-state index is 12.6. The van der Waals surface area contributed by atoms with Crippen molar-refractivity contribution in [2.75, 3.05) is 0 Å². The Bertz CT molecular complexity index is 845. The number of hydrogen-bond acceptors (Lipinski definition) is 4. The van der Waals surface area contributed by atoms with Crippen LogP contribution in [-0.2, 0) is 4.79 Å². The van der Waals surface area contributed by atoms with Crippen LogP contribution < -0.4 is 11.1 Å². The zero-order valence-corrected chi connectivity index (χ0v) is 14.4. The van der Waals surface area contributed by atoms with E-state index in [2.05, 4.69) is 5.32 Å². The number of aryl methyl sites for hydroxylation is 1. The van der Waals surface area contributed by atoms with Crippen LogP contribution in [-0.4, -0.2) is 23.2 Å². The van der Waals surface area contributed by atoms with Crippen molar-refractivity contribution in [3.63, 3.8) is 0 Å². The van der Waals surface area contributed by atoms with Gasteiger partial charge in [-0.3, -0.25) is 9.59 Å². The number of carbonyl (C=O) groups is 2. The molecule has 26 heavy (non-hydrogen) atoms. The van der Waals surface area contributed by atoms with Crippen LogP contribution in [0.3, 0.4) is 0 Å². The number of hydrogen-bond donors (Lipinski definition) is 4. The molecular weight excluding hydrogens is 330 g/mol. The predicted molar refractivity (Wildman–Crippen MR) is 101 cm³/mol. The number of amides is 1. The Kier molecular flexibility index (Phi) is 6.27. The summed E-state index contributed by atoms with van der Waals surface area (Å²) in [6, 6.07) is 13.4. The lowest BCUT2D eigenvalue weighted by atomic mass is 9.98. The van der Waals surface area contributed by atoms with Gasteiger partial charge in [0, 0.05) is 23.6 Å². The first kappa shape index (κ1) is 18.9. The summed E-state index contributed by atoms with van der Waals surface area (Å²) in [6.45, 7) is 1.82. The normalized spacial score (nSPS) is 12.3. The van der Waals surface area contributed by atoms with E-state index in [9.17, 15) is 9.59 Å². The largest absolute Gasteiger partial charge is 0.481 e. The molecule has 6 nitrogen and oxygen atoms in total. The van der Waals surface area contributed by atoms with Crippen molar-refractivity contribution in [3.8, 4) is 0 Å². The molecule has 0 bridgehead atoms. The summed E-state index contributed by atoms with van der Waals surface area (Å²) in [5, 5.41) is 19.3. The molecule has 0 fully saturated rings. The van der Waals surface area contributed by atoms with Gasteiger partial charge in [-0.2, -0.15) is 0 Å². The average molecular weight is 351 g/mol. The Morgan fingerprint density at radius 3 is 2.46 bits per heavy atom. The van der Waals surface area contributed by atoms with Gasteiger partial charge in [-0.25, -0.2) is 0 Å². The molecular formula is C20H21N3O3. The molecule has 0 radical (unpaired) electrons. The van der Waals surface area contributed by atoms with Gasteiger partial charge in [0.05, 0.1) is 12.5 Å². The molecule has 0 aromatic heterocycles. The van der Waals surface area contributed by atoms with E-state index in [1.165, 1.54) is 6.20 Å². The number of nitrogens with one attached hydrogen (secondary N) is 2. The van der Waals surface area contributed by atoms with Crippen LogP contribution in [0.2, 0.25) is 0 Å². The first-order valence-electron chi connectivity index (χ1n) is 8.07. The molecule has 0 saturated heterocycles. The average Bonchev–Trinajstić information content (AvgIpc) is 2.63. The lowest BCUT2D eigenvalue weighted by Crippen LogP contribution is -2.30. The maximum Gasteiger partial charge on any atom is 0.305 e. The second kappa shape index (κ2) is 8.62. The fourth-order valence-electron chi connectivity index (χ4n) is 2.70. The van der Waals surface area contributed by atoms with Crippen molar-refractivity contribution in [1.29, 1.82) is 5.41 Å². The van der Waals surface area contributed by atoms with E-state index in [-0.39, 0.29) is 12.3 Å². The van der Waals surface area contributed by atoms with Gasteiger partial charge in [0.1, 0.15) is 0 Å². The first-order chi connectivity index (χ1) is 12.5. The van der Waals surface area contributed by atoms with Crippen molar-refractivity contribution >= 4 is 23.7 Å². The molecule has 0 spiro atoms. The third-order valence-electron chi connectivity index (χ3n) is 4.02. The summed E-state index contributed by atoms with van der Waals surface area (Å²) in [6.07, 6.45) is 2.29. The van der Waals surface area contributed by atoms with Gasteiger partial charge in [-0.1, -0.05) is 36.4 Å². The second-order valence-corrected chi connectivity index (χ2v) is 5.83. The molecule has 1 unspecified atom stereocenters. The molecule has 0 heterocycles. The van der Waals surface area contributed by atoms with Gasteiger partial charge in [-0.05, 0) is 35.7 Å². The van der Waals surface area contributed by atoms with E-state index in [0.717, 1.165) is 22.9 Å². The van der Waals surface area contributed by atoms with E-state index in [0.29, 0.717) is 11.1 Å². The number of carboxylic acid groups (broad SMARTS) is 1. The van der Waals surface area contributed by atoms with Crippen LogP contribution in [0.15, 0.2) is 54.7 Å². The summed E-state index contributed by atoms with van der Waals surface area (Å²) in [7, 11) is 0. The lowest BCUT2D eigenvalue weighted by Gasteiger charge is -2.18. The molecule has 134 valence electrons. The van der Waals surface area contributed by atoms with Crippen molar-refractivity contribution in [2.45, 2.75) is 19.4 Å². The topological polar surface area (TPSA) is 116 Å². The van der Waals surface area contributed by atoms with Crippen LogP contribution >= 0.6 is 0 Å². The third kappa shape index (κ3) is 4.57. The van der Waals surface area contributed by atoms with Crippen molar-refractivity contribution in [3.05, 3.63) is 77.0 Å². The number of nitrogens with two attached hydrogens (primary N) is 1. The summed E-state index contributed by atoms with van der Waals surface area (Å²) < 4.78 is 0. The van der Waals surface area contributed by atoms with E-state index in [1.807, 2.05) is 13.0 Å². The molecule has 5 N–H and O–H groups in total. The van der Waals surface area contributed by atoms with E-state index >= 15 is 0 Å². The Hall–Kier alpha value is -3.41. The maximum absolute atomic E-state index is 12.6. The first-order valence-corrected chi connectivity index (χ1v) is 8.07. The van der Waals surface area contributed by atoms with Crippen molar-refractivity contribution in [2.24, 2.45) is 5.73 Å². The molecule has 2 aromatic rings. The summed E-state index contributed by atoms with van der Waals surface area (Å²) in [4.78, 5) is 23.7. The Balaban J connectivity index is 2.25. The van der Waals surface area contributed by atoms with Crippen LogP contribution in [0.1, 0.15) is 39.5 Å². The fraction of sp³-hybridized carbons (Fsp3) is 0.150. The minimum absolute atomic E-state index is 0.208. The Labute approximate surface area is 151 Å². The molecule has 0 aliphatic carbocycles. The highest BCUT2D eigenvalue weighted by Crippen LogP contribution is 2.20. The molecule has 2 rings (SSSR count). The van der Waals surface area contributed by atoms with E-state index in [1.54, 1.807) is 42.5 Å². The van der Waals surface area contributed by atoms with E-state index in [4.69, 9.17) is 16.2 Å². The van der Waals surface area contributed by atoms with Crippen molar-refractivity contribution < 1.29 is 14.7 Å². The quantitative estimate of drug-likeness (QED) is 0.574. The van der Waals surface area contributed by atoms with Gasteiger partial charge < -0.3 is 21.6 Å². The number of rotatable bonds is 7. The van der Waals surface area contributed by atoms with Crippen LogP contribution in [0, 0.1) is 12.3 Å². The van der Waals surface area contributed by atoms with Gasteiger partial charge in [0.2, 0.25) is 0 Å². The van der Waals surface area contributed by atoms with Gasteiger partial charge in [0.25, 0.3) is 5.91 Å². The highest BCUT2D eigenvalue weighted by atomic mass is 16.4. The highest BCUT2D eigenvalue weighted by Gasteiger charge is 2.19. The Morgan fingerprint density at radius 1 is 1.23 bits per heavy atom. The molecule has 0 aliphatic rings. The number of benzene rings is 2. The number of carboxylic acids is 1. The molecule has 1 amide bonds. The van der Waals surface area contributed by atoms with Gasteiger partial charge >= 0.3 is 5.97 Å². The molecule has 2 aromatic carbocycles. The Morgan fingerprint density at radius 2 is 1.92 bits per heavy atom. The number of carbonyl (C=O) groups excluding carboxylic acids is 1. The van der Waals surface area contributed by atoms with Gasteiger partial charge in [0.15, 0.2) is 0 Å². The second-order valence-electron chi connectivity index (χ2n) is 5.83. The highest BCUT2D eigenvalue weighted by molar-refractivity contribution is 6.09. The molecule has 1 atom stereocenters. The number of aliphatic carboxylic acids is 1. The number of allylic oxidation sites excluding steroid dienone is 1. The van der Waals surface area contributed by atoms with Crippen molar-refractivity contribution in [1.82, 2.24) is 5.32 Å². The van der Waals surface area contributed by atoms with E-state index < -0.39 is 12.0 Å². The molecule has 0 aliphatic heterocycles. The monoisotopic (exact) mass is 351 g/mol. The zero-order valence-electron chi connectivity index (χ0n) is 14.4. The SMILES string of the molecule is Cc1cc(C(=O)NC(CC(=O)O)c2ccccc2)ccc1/C(C=N)=C/N. The van der Waals surface area contributed by atoms with Crippen LogP contribution in [0.5, 0.6) is 0 Å². The summed E-state index contributed by atoms with van der Waals surface area (Å²) >= 11 is 0. The third-order valence-corrected chi connectivity index (χ3v) is 4.02. The minimum atomic E-state index is -0.991.